The van der Waals surface area contributed by atoms with Crippen LogP contribution in [0.5, 0.6) is 0 Å². The van der Waals surface area contributed by atoms with Gasteiger partial charge in [0.05, 0.1) is 0 Å². The number of rotatable bonds is 4. The van der Waals surface area contributed by atoms with Crippen LogP contribution < -0.4 is 10.6 Å². The van der Waals surface area contributed by atoms with E-state index >= 15 is 0 Å². The van der Waals surface area contributed by atoms with Gasteiger partial charge in [0.25, 0.3) is 11.8 Å². The molecule has 2 heterocycles. The number of benzene rings is 2. The van der Waals surface area contributed by atoms with Crippen LogP contribution in [0.2, 0.25) is 0 Å². The van der Waals surface area contributed by atoms with Crippen molar-refractivity contribution in [3.8, 4) is 0 Å². The van der Waals surface area contributed by atoms with E-state index in [0.29, 0.717) is 5.56 Å². The first-order chi connectivity index (χ1) is 15.5. The summed E-state index contributed by atoms with van der Waals surface area (Å²) in [7, 11) is 0. The fraction of sp³-hybridized carbons (Fsp3) is 0.273. The number of hydrogen-bond acceptors (Lipinski definition) is 4. The monoisotopic (exact) mass is 463 g/mol. The lowest BCUT2D eigenvalue weighted by Gasteiger charge is -2.29. The van der Waals surface area contributed by atoms with Crippen molar-refractivity contribution in [2.75, 3.05) is 0 Å². The average Bonchev–Trinajstić information content (AvgIpc) is 3.07. The zero-order valence-corrected chi connectivity index (χ0v) is 16.9. The molecule has 2 atom stereocenters. The number of carbonyl (C=O) groups excluding carboxylic acids is 4. The van der Waals surface area contributed by atoms with Gasteiger partial charge in [-0.1, -0.05) is 12.1 Å². The van der Waals surface area contributed by atoms with E-state index < -0.39 is 47.7 Å². The molecule has 0 aliphatic carbocycles. The van der Waals surface area contributed by atoms with Crippen LogP contribution in [-0.2, 0) is 16.1 Å². The highest BCUT2D eigenvalue weighted by molar-refractivity contribution is 6.06. The molecule has 1 saturated heterocycles. The topological polar surface area (TPSA) is 95.6 Å². The van der Waals surface area contributed by atoms with Crippen LogP contribution in [0.4, 0.5) is 17.6 Å². The number of nitrogens with zero attached hydrogens (tertiary/aromatic N) is 1. The minimum absolute atomic E-state index is 0.0256. The molecule has 11 heteroatoms. The van der Waals surface area contributed by atoms with Crippen molar-refractivity contribution < 1.29 is 36.7 Å². The van der Waals surface area contributed by atoms with Crippen LogP contribution in [0.1, 0.15) is 50.7 Å². The van der Waals surface area contributed by atoms with Gasteiger partial charge in [0, 0.05) is 24.1 Å². The number of carbonyl (C=O) groups is 4. The Morgan fingerprint density at radius 3 is 2.42 bits per heavy atom. The Bertz CT molecular complexity index is 1150. The molecule has 2 aromatic carbocycles. The molecule has 0 saturated carbocycles. The smallest absolute Gasteiger partial charge is 0.337 e. The largest absolute Gasteiger partial charge is 0.412 e. The number of alkyl halides is 3. The van der Waals surface area contributed by atoms with Gasteiger partial charge in [-0.2, -0.15) is 13.2 Å². The Labute approximate surface area is 184 Å². The predicted octanol–water partition coefficient (Wildman–Crippen LogP) is 2.62. The van der Waals surface area contributed by atoms with Crippen LogP contribution in [-0.4, -0.2) is 40.7 Å². The molecule has 1 fully saturated rings. The molecule has 0 aromatic heterocycles. The predicted molar refractivity (Wildman–Crippen MR) is 105 cm³/mol. The Balaban J connectivity index is 1.54. The lowest BCUT2D eigenvalue weighted by atomic mass is 10.0. The van der Waals surface area contributed by atoms with E-state index in [0.717, 1.165) is 24.3 Å². The molecule has 4 rings (SSSR count). The van der Waals surface area contributed by atoms with Crippen LogP contribution in [0, 0.1) is 5.82 Å². The first-order valence-electron chi connectivity index (χ1n) is 9.95. The van der Waals surface area contributed by atoms with Crippen LogP contribution in [0.25, 0.3) is 0 Å². The quantitative estimate of drug-likeness (QED) is 0.538. The second-order valence-electron chi connectivity index (χ2n) is 7.77. The maximum absolute atomic E-state index is 13.6. The van der Waals surface area contributed by atoms with E-state index in [1.54, 1.807) is 0 Å². The second-order valence-corrected chi connectivity index (χ2v) is 7.77. The Morgan fingerprint density at radius 1 is 1.09 bits per heavy atom. The summed E-state index contributed by atoms with van der Waals surface area (Å²) in [5, 5.41) is 4.08. The summed E-state index contributed by atoms with van der Waals surface area (Å²) in [5.41, 5.74) is 0.158. The molecule has 0 spiro atoms. The molecule has 2 aromatic rings. The van der Waals surface area contributed by atoms with E-state index in [2.05, 4.69) is 5.32 Å². The number of fused-ring (bicyclic) bond motifs is 1. The van der Waals surface area contributed by atoms with Crippen molar-refractivity contribution in [3.05, 3.63) is 70.5 Å². The van der Waals surface area contributed by atoms with E-state index in [1.807, 2.05) is 5.32 Å². The third kappa shape index (κ3) is 4.43. The lowest BCUT2D eigenvalue weighted by molar-refractivity contribution is -0.155. The van der Waals surface area contributed by atoms with Gasteiger partial charge < -0.3 is 10.2 Å². The van der Waals surface area contributed by atoms with Crippen molar-refractivity contribution in [1.29, 1.82) is 0 Å². The molecule has 33 heavy (non-hydrogen) atoms. The standard InChI is InChI=1S/C22H17F4N3O4/c23-14-4-1-11(2-5-14)18(22(24,25)26)28-19(31)12-3-6-15-13(9-12)10-29(21(15)33)16-7-8-17(30)27-20(16)32/h1-6,9,16,18H,7-8,10H2,(H,28,31)(H,27,30,32)/t16?,18-/m1/s1. The summed E-state index contributed by atoms with van der Waals surface area (Å²) in [5.74, 6) is -3.24. The van der Waals surface area contributed by atoms with Gasteiger partial charge in [-0.3, -0.25) is 24.5 Å². The molecule has 1 unspecified atom stereocenters. The molecule has 2 aliphatic heterocycles. The SMILES string of the molecule is O=C1CCC(N2Cc3cc(C(=O)N[C@H](c4ccc(F)cc4)C(F)(F)F)ccc3C2=O)C(=O)N1. The van der Waals surface area contributed by atoms with Crippen molar-refractivity contribution in [2.45, 2.75) is 37.6 Å². The molecular formula is C22H17F4N3O4. The average molecular weight is 463 g/mol. The highest BCUT2D eigenvalue weighted by Crippen LogP contribution is 2.33. The summed E-state index contributed by atoms with van der Waals surface area (Å²) < 4.78 is 53.8. The minimum Gasteiger partial charge on any atom is -0.337 e. The molecule has 7 nitrogen and oxygen atoms in total. The van der Waals surface area contributed by atoms with Gasteiger partial charge in [-0.25, -0.2) is 4.39 Å². The third-order valence-electron chi connectivity index (χ3n) is 5.59. The van der Waals surface area contributed by atoms with Crippen molar-refractivity contribution in [1.82, 2.24) is 15.5 Å². The zero-order valence-electron chi connectivity index (χ0n) is 16.9. The zero-order chi connectivity index (χ0) is 23.9. The van der Waals surface area contributed by atoms with E-state index in [4.69, 9.17) is 0 Å². The normalized spacial score (nSPS) is 19.2. The minimum atomic E-state index is -4.83. The van der Waals surface area contributed by atoms with Crippen LogP contribution in [0.15, 0.2) is 42.5 Å². The Kier molecular flexibility index (Phi) is 5.64. The summed E-state index contributed by atoms with van der Waals surface area (Å²) in [6, 6.07) is 4.23. The van der Waals surface area contributed by atoms with Gasteiger partial charge in [0.2, 0.25) is 11.8 Å². The number of imide groups is 1. The summed E-state index contributed by atoms with van der Waals surface area (Å²) in [4.78, 5) is 50.1. The number of amides is 4. The molecule has 4 amide bonds. The lowest BCUT2D eigenvalue weighted by Crippen LogP contribution is -2.52. The van der Waals surface area contributed by atoms with Crippen LogP contribution in [0.3, 0.4) is 0 Å². The van der Waals surface area contributed by atoms with Crippen molar-refractivity contribution in [2.24, 2.45) is 0 Å². The van der Waals surface area contributed by atoms with E-state index in [-0.39, 0.29) is 36.1 Å². The fourth-order valence-corrected chi connectivity index (χ4v) is 3.94. The highest BCUT2D eigenvalue weighted by Gasteiger charge is 2.43. The maximum Gasteiger partial charge on any atom is 0.412 e. The molecule has 2 aliphatic rings. The number of nitrogens with one attached hydrogen (secondary N) is 2. The summed E-state index contributed by atoms with van der Waals surface area (Å²) in [6.45, 7) is -0.0256. The fourth-order valence-electron chi connectivity index (χ4n) is 3.94. The molecule has 2 N–H and O–H groups in total. The second kappa shape index (κ2) is 8.30. The highest BCUT2D eigenvalue weighted by atomic mass is 19.4. The van der Waals surface area contributed by atoms with E-state index in [9.17, 15) is 36.7 Å². The van der Waals surface area contributed by atoms with Crippen molar-refractivity contribution in [3.63, 3.8) is 0 Å². The Morgan fingerprint density at radius 2 is 1.79 bits per heavy atom. The molecule has 0 radical (unpaired) electrons. The summed E-state index contributed by atoms with van der Waals surface area (Å²) >= 11 is 0. The first kappa shape index (κ1) is 22.4. The maximum atomic E-state index is 13.6. The van der Waals surface area contributed by atoms with E-state index in [1.165, 1.54) is 23.1 Å². The first-order valence-corrected chi connectivity index (χ1v) is 9.95. The Hall–Kier alpha value is -3.76. The number of hydrogen-bond donors (Lipinski definition) is 2. The van der Waals surface area contributed by atoms with Gasteiger partial charge >= 0.3 is 6.18 Å². The number of halogens is 4. The van der Waals surface area contributed by atoms with Crippen LogP contribution >= 0.6 is 0 Å². The van der Waals surface area contributed by atoms with Gasteiger partial charge in [-0.05, 0) is 47.9 Å². The summed E-state index contributed by atoms with van der Waals surface area (Å²) in [6.07, 6.45) is -4.60. The van der Waals surface area contributed by atoms with Gasteiger partial charge in [-0.15, -0.1) is 0 Å². The molecule has 0 bridgehead atoms. The number of piperidine rings is 1. The third-order valence-corrected chi connectivity index (χ3v) is 5.59. The van der Waals surface area contributed by atoms with Crippen molar-refractivity contribution >= 4 is 23.6 Å². The molecular weight excluding hydrogens is 446 g/mol. The van der Waals surface area contributed by atoms with Gasteiger partial charge in [0.15, 0.2) is 6.04 Å². The van der Waals surface area contributed by atoms with Gasteiger partial charge in [0.1, 0.15) is 11.9 Å². The molecule has 172 valence electrons.